The Morgan fingerprint density at radius 3 is 2.57 bits per heavy atom. The van der Waals surface area contributed by atoms with Crippen LogP contribution in [0.4, 0.5) is 17.5 Å². The molecule has 0 radical (unpaired) electrons. The number of amides is 1. The van der Waals surface area contributed by atoms with Gasteiger partial charge >= 0.3 is 6.01 Å². The second-order valence-corrected chi connectivity index (χ2v) is 6.75. The normalized spacial score (nSPS) is 13.8. The maximum atomic E-state index is 12.4. The molecule has 0 unspecified atom stereocenters. The maximum Gasteiger partial charge on any atom is 0.317 e. The standard InChI is InChI=1S/C20H22N8O2/c1-15-7-9-22-20(23-15)30-14-19(29)28-12-10-27(11-13-28)18-6-5-17(25-26-18)24-16-4-2-3-8-21-16/h2-9H,10-14H2,1H3,(H,21,24,25). The van der Waals surface area contributed by atoms with Gasteiger partial charge in [0.15, 0.2) is 18.2 Å². The molecular weight excluding hydrogens is 384 g/mol. The first-order chi connectivity index (χ1) is 14.7. The van der Waals surface area contributed by atoms with Crippen molar-refractivity contribution in [3.05, 3.63) is 54.5 Å². The number of carbonyl (C=O) groups excluding carboxylic acids is 1. The van der Waals surface area contributed by atoms with Gasteiger partial charge in [0.2, 0.25) is 0 Å². The predicted octanol–water partition coefficient (Wildman–Crippen LogP) is 1.44. The van der Waals surface area contributed by atoms with Crippen LogP contribution in [0.2, 0.25) is 0 Å². The number of aryl methyl sites for hydroxylation is 1. The van der Waals surface area contributed by atoms with Gasteiger partial charge in [-0.05, 0) is 37.3 Å². The van der Waals surface area contributed by atoms with Crippen LogP contribution in [0, 0.1) is 6.92 Å². The van der Waals surface area contributed by atoms with Crippen LogP contribution >= 0.6 is 0 Å². The molecule has 0 spiro atoms. The summed E-state index contributed by atoms with van der Waals surface area (Å²) in [5.74, 6) is 2.03. The fourth-order valence-corrected chi connectivity index (χ4v) is 3.03. The molecule has 1 amide bonds. The highest BCUT2D eigenvalue weighted by atomic mass is 16.5. The fraction of sp³-hybridized carbons (Fsp3) is 0.300. The molecular formula is C20H22N8O2. The highest BCUT2D eigenvalue weighted by Crippen LogP contribution is 2.16. The number of nitrogens with zero attached hydrogens (tertiary/aromatic N) is 7. The van der Waals surface area contributed by atoms with Crippen LogP contribution in [-0.2, 0) is 4.79 Å². The van der Waals surface area contributed by atoms with Crippen LogP contribution in [0.15, 0.2) is 48.8 Å². The van der Waals surface area contributed by atoms with Crippen molar-refractivity contribution in [1.29, 1.82) is 0 Å². The van der Waals surface area contributed by atoms with E-state index in [1.807, 2.05) is 37.3 Å². The number of carbonyl (C=O) groups is 1. The number of hydrogen-bond donors (Lipinski definition) is 1. The highest BCUT2D eigenvalue weighted by Gasteiger charge is 2.22. The second kappa shape index (κ2) is 9.12. The molecule has 4 heterocycles. The third-order valence-corrected chi connectivity index (χ3v) is 4.63. The summed E-state index contributed by atoms with van der Waals surface area (Å²) in [4.78, 5) is 28.6. The zero-order valence-corrected chi connectivity index (χ0v) is 16.6. The van der Waals surface area contributed by atoms with Crippen molar-refractivity contribution in [2.75, 3.05) is 43.0 Å². The van der Waals surface area contributed by atoms with Crippen molar-refractivity contribution in [2.45, 2.75) is 6.92 Å². The Morgan fingerprint density at radius 2 is 1.87 bits per heavy atom. The lowest BCUT2D eigenvalue weighted by atomic mass is 10.3. The van der Waals surface area contributed by atoms with E-state index < -0.39 is 0 Å². The van der Waals surface area contributed by atoms with E-state index >= 15 is 0 Å². The predicted molar refractivity (Wildman–Crippen MR) is 111 cm³/mol. The molecule has 10 nitrogen and oxygen atoms in total. The van der Waals surface area contributed by atoms with Crippen LogP contribution in [0.3, 0.4) is 0 Å². The Bertz CT molecular complexity index is 976. The summed E-state index contributed by atoms with van der Waals surface area (Å²) >= 11 is 0. The number of ether oxygens (including phenoxy) is 1. The van der Waals surface area contributed by atoms with E-state index in [1.54, 1.807) is 23.4 Å². The minimum atomic E-state index is -0.0826. The van der Waals surface area contributed by atoms with Crippen LogP contribution in [0.25, 0.3) is 0 Å². The van der Waals surface area contributed by atoms with E-state index in [2.05, 4.69) is 35.4 Å². The third-order valence-electron chi connectivity index (χ3n) is 4.63. The monoisotopic (exact) mass is 406 g/mol. The molecule has 1 aliphatic heterocycles. The lowest BCUT2D eigenvalue weighted by Gasteiger charge is -2.35. The summed E-state index contributed by atoms with van der Waals surface area (Å²) in [6, 6.07) is 11.4. The lowest BCUT2D eigenvalue weighted by molar-refractivity contribution is -0.133. The van der Waals surface area contributed by atoms with Gasteiger partial charge in [-0.2, -0.15) is 0 Å². The van der Waals surface area contributed by atoms with Crippen molar-refractivity contribution in [2.24, 2.45) is 0 Å². The molecule has 0 saturated carbocycles. The SMILES string of the molecule is Cc1ccnc(OCC(=O)N2CCN(c3ccc(Nc4ccccn4)nn3)CC2)n1. The minimum Gasteiger partial charge on any atom is -0.453 e. The third kappa shape index (κ3) is 4.96. The van der Waals surface area contributed by atoms with Crippen molar-refractivity contribution in [1.82, 2.24) is 30.0 Å². The van der Waals surface area contributed by atoms with Crippen LogP contribution in [-0.4, -0.2) is 68.7 Å². The maximum absolute atomic E-state index is 12.4. The highest BCUT2D eigenvalue weighted by molar-refractivity contribution is 5.78. The van der Waals surface area contributed by atoms with E-state index in [0.717, 1.165) is 11.5 Å². The lowest BCUT2D eigenvalue weighted by Crippen LogP contribution is -2.50. The smallest absolute Gasteiger partial charge is 0.317 e. The molecule has 0 aromatic carbocycles. The Labute approximate surface area is 174 Å². The van der Waals surface area contributed by atoms with Crippen LogP contribution < -0.4 is 15.0 Å². The van der Waals surface area contributed by atoms with Crippen LogP contribution in [0.1, 0.15) is 5.69 Å². The molecule has 0 aliphatic carbocycles. The summed E-state index contributed by atoms with van der Waals surface area (Å²) in [7, 11) is 0. The minimum absolute atomic E-state index is 0.0723. The Balaban J connectivity index is 1.26. The van der Waals surface area contributed by atoms with Crippen molar-refractivity contribution in [3.63, 3.8) is 0 Å². The number of anilines is 3. The number of nitrogens with one attached hydrogen (secondary N) is 1. The summed E-state index contributed by atoms with van der Waals surface area (Å²) in [6.45, 7) is 4.30. The van der Waals surface area contributed by atoms with Gasteiger partial charge in [-0.25, -0.2) is 15.0 Å². The Kier molecular flexibility index (Phi) is 5.93. The van der Waals surface area contributed by atoms with Crippen LogP contribution in [0.5, 0.6) is 6.01 Å². The van der Waals surface area contributed by atoms with Gasteiger partial charge in [0.25, 0.3) is 5.91 Å². The number of hydrogen-bond acceptors (Lipinski definition) is 9. The number of aromatic nitrogens is 5. The van der Waals surface area contributed by atoms with Gasteiger partial charge in [-0.3, -0.25) is 4.79 Å². The fourth-order valence-electron chi connectivity index (χ4n) is 3.03. The first-order valence-electron chi connectivity index (χ1n) is 9.64. The van der Waals surface area contributed by atoms with Gasteiger partial charge in [0.05, 0.1) is 0 Å². The number of piperazine rings is 1. The molecule has 30 heavy (non-hydrogen) atoms. The zero-order valence-electron chi connectivity index (χ0n) is 16.6. The van der Waals surface area contributed by atoms with E-state index in [1.165, 1.54) is 0 Å². The van der Waals surface area contributed by atoms with E-state index in [0.29, 0.717) is 37.8 Å². The van der Waals surface area contributed by atoms with E-state index in [-0.39, 0.29) is 18.5 Å². The average Bonchev–Trinajstić information content (AvgIpc) is 2.79. The molecule has 1 fully saturated rings. The molecule has 10 heteroatoms. The topological polar surface area (TPSA) is 109 Å². The van der Waals surface area contributed by atoms with E-state index in [4.69, 9.17) is 4.74 Å². The molecule has 4 rings (SSSR count). The molecule has 154 valence electrons. The largest absolute Gasteiger partial charge is 0.453 e. The van der Waals surface area contributed by atoms with Crippen molar-refractivity contribution in [3.8, 4) is 6.01 Å². The summed E-state index contributed by atoms with van der Waals surface area (Å²) < 4.78 is 5.41. The van der Waals surface area contributed by atoms with E-state index in [9.17, 15) is 4.79 Å². The molecule has 1 saturated heterocycles. The van der Waals surface area contributed by atoms with Crippen molar-refractivity contribution >= 4 is 23.4 Å². The first kappa shape index (κ1) is 19.5. The number of rotatable bonds is 6. The Morgan fingerprint density at radius 1 is 1.00 bits per heavy atom. The van der Waals surface area contributed by atoms with Gasteiger partial charge in [0, 0.05) is 44.3 Å². The van der Waals surface area contributed by atoms with Gasteiger partial charge in [-0.15, -0.1) is 10.2 Å². The summed E-state index contributed by atoms with van der Waals surface area (Å²) in [5, 5.41) is 11.6. The number of pyridine rings is 1. The first-order valence-corrected chi connectivity index (χ1v) is 9.64. The zero-order chi connectivity index (χ0) is 20.8. The second-order valence-electron chi connectivity index (χ2n) is 6.75. The summed E-state index contributed by atoms with van der Waals surface area (Å²) in [6.07, 6.45) is 3.32. The van der Waals surface area contributed by atoms with Gasteiger partial charge in [0.1, 0.15) is 5.82 Å². The van der Waals surface area contributed by atoms with Gasteiger partial charge < -0.3 is 19.9 Å². The Hall–Kier alpha value is -3.82. The summed E-state index contributed by atoms with van der Waals surface area (Å²) in [5.41, 5.74) is 0.795. The molecule has 1 aliphatic rings. The average molecular weight is 406 g/mol. The molecule has 0 atom stereocenters. The van der Waals surface area contributed by atoms with Gasteiger partial charge in [-0.1, -0.05) is 6.07 Å². The van der Waals surface area contributed by atoms with Crippen molar-refractivity contribution < 1.29 is 9.53 Å². The molecule has 3 aromatic heterocycles. The molecule has 1 N–H and O–H groups in total. The quantitative estimate of drug-likeness (QED) is 0.650. The molecule has 0 bridgehead atoms. The molecule has 3 aromatic rings.